The molecule has 0 bridgehead atoms. The predicted molar refractivity (Wildman–Crippen MR) is 124 cm³/mol. The van der Waals surface area contributed by atoms with E-state index >= 15 is 0 Å². The molecule has 152 valence electrons. The molecule has 1 aliphatic heterocycles. The van der Waals surface area contributed by atoms with E-state index in [1.165, 1.54) is 33.3 Å². The Labute approximate surface area is 178 Å². The van der Waals surface area contributed by atoms with Gasteiger partial charge < -0.3 is 14.6 Å². The highest BCUT2D eigenvalue weighted by Crippen LogP contribution is 2.49. The van der Waals surface area contributed by atoms with E-state index in [1.807, 2.05) is 12.1 Å². The normalized spacial score (nSPS) is 17.0. The fraction of sp³-hybridized carbons (Fsp3) is 0.259. The zero-order valence-electron chi connectivity index (χ0n) is 17.9. The molecule has 30 heavy (non-hydrogen) atoms. The summed E-state index contributed by atoms with van der Waals surface area (Å²) in [6.45, 7) is 8.22. The second kappa shape index (κ2) is 7.24. The van der Waals surface area contributed by atoms with Crippen LogP contribution in [0.2, 0.25) is 0 Å². The van der Waals surface area contributed by atoms with Gasteiger partial charge in [-0.1, -0.05) is 62.4 Å². The molecule has 0 amide bonds. The molecule has 0 saturated carbocycles. The van der Waals surface area contributed by atoms with Crippen LogP contribution in [0.25, 0.3) is 10.9 Å². The van der Waals surface area contributed by atoms with Crippen LogP contribution in [0, 0.1) is 6.92 Å². The summed E-state index contributed by atoms with van der Waals surface area (Å²) in [7, 11) is 0. The van der Waals surface area contributed by atoms with E-state index in [0.29, 0.717) is 6.61 Å². The van der Waals surface area contributed by atoms with Crippen molar-refractivity contribution in [2.45, 2.75) is 38.8 Å². The number of anilines is 1. The first-order valence-corrected chi connectivity index (χ1v) is 10.7. The van der Waals surface area contributed by atoms with Crippen LogP contribution in [0.3, 0.4) is 0 Å². The third-order valence-electron chi connectivity index (χ3n) is 6.36. The van der Waals surface area contributed by atoms with E-state index in [-0.39, 0.29) is 11.5 Å². The predicted octanol–water partition coefficient (Wildman–Crippen LogP) is 6.47. The average Bonchev–Trinajstić information content (AvgIpc) is 3.23. The second-order valence-electron chi connectivity index (χ2n) is 8.80. The molecule has 3 heteroatoms. The van der Waals surface area contributed by atoms with Gasteiger partial charge in [-0.05, 0) is 42.3 Å². The molecule has 1 N–H and O–H groups in total. The fourth-order valence-corrected chi connectivity index (χ4v) is 4.79. The summed E-state index contributed by atoms with van der Waals surface area (Å²) in [6, 6.07) is 25.8. The minimum atomic E-state index is 0.0175. The molecule has 0 aliphatic carbocycles. The van der Waals surface area contributed by atoms with Crippen LogP contribution in [0.15, 0.2) is 79.0 Å². The Balaban J connectivity index is 1.45. The SMILES string of the molecule is Cc1cccc(OCCn2cc(C3Nc4ccccc4C3(C)C)c3ccccc32)c1. The number of nitrogens with one attached hydrogen (secondary N) is 1. The number of rotatable bonds is 5. The average molecular weight is 397 g/mol. The van der Waals surface area contributed by atoms with Crippen LogP contribution >= 0.6 is 0 Å². The van der Waals surface area contributed by atoms with Gasteiger partial charge in [-0.2, -0.15) is 0 Å². The van der Waals surface area contributed by atoms with Gasteiger partial charge in [-0.25, -0.2) is 0 Å². The summed E-state index contributed by atoms with van der Waals surface area (Å²) in [5.74, 6) is 0.931. The quantitative estimate of drug-likeness (QED) is 0.418. The molecule has 1 aliphatic rings. The van der Waals surface area contributed by atoms with Crippen LogP contribution in [0.4, 0.5) is 5.69 Å². The van der Waals surface area contributed by atoms with Gasteiger partial charge in [0.1, 0.15) is 12.4 Å². The molecule has 1 unspecified atom stereocenters. The van der Waals surface area contributed by atoms with Crippen molar-refractivity contribution in [3.63, 3.8) is 0 Å². The Hall–Kier alpha value is -3.20. The first kappa shape index (κ1) is 18.8. The van der Waals surface area contributed by atoms with Gasteiger partial charge in [0.05, 0.1) is 12.6 Å². The van der Waals surface area contributed by atoms with Gasteiger partial charge in [0.2, 0.25) is 0 Å². The second-order valence-corrected chi connectivity index (χ2v) is 8.80. The Kier molecular flexibility index (Phi) is 4.54. The molecule has 1 atom stereocenters. The monoisotopic (exact) mass is 396 g/mol. The number of nitrogens with zero attached hydrogens (tertiary/aromatic N) is 1. The van der Waals surface area contributed by atoms with Crippen LogP contribution in [-0.4, -0.2) is 11.2 Å². The van der Waals surface area contributed by atoms with Gasteiger partial charge in [0, 0.05) is 33.8 Å². The van der Waals surface area contributed by atoms with Crippen LogP contribution in [-0.2, 0) is 12.0 Å². The maximum atomic E-state index is 6.03. The van der Waals surface area contributed by atoms with Crippen molar-refractivity contribution >= 4 is 16.6 Å². The van der Waals surface area contributed by atoms with Crippen LogP contribution in [0.1, 0.15) is 36.6 Å². The van der Waals surface area contributed by atoms with E-state index in [2.05, 4.69) is 97.5 Å². The van der Waals surface area contributed by atoms with Crippen molar-refractivity contribution < 1.29 is 4.74 Å². The number of aromatic nitrogens is 1. The molecule has 3 nitrogen and oxygen atoms in total. The smallest absolute Gasteiger partial charge is 0.119 e. The Morgan fingerprint density at radius 3 is 2.60 bits per heavy atom. The molecule has 0 spiro atoms. The summed E-state index contributed by atoms with van der Waals surface area (Å²) >= 11 is 0. The fourth-order valence-electron chi connectivity index (χ4n) is 4.79. The number of para-hydroxylation sites is 2. The Morgan fingerprint density at radius 2 is 1.77 bits per heavy atom. The Bertz CT molecular complexity index is 1200. The molecule has 1 aromatic heterocycles. The van der Waals surface area contributed by atoms with Gasteiger partial charge >= 0.3 is 0 Å². The summed E-state index contributed by atoms with van der Waals surface area (Å²) in [6.07, 6.45) is 2.32. The van der Waals surface area contributed by atoms with Crippen molar-refractivity contribution in [3.05, 3.63) is 95.7 Å². The molecular formula is C27H28N2O. The van der Waals surface area contributed by atoms with Crippen molar-refractivity contribution in [2.24, 2.45) is 0 Å². The largest absolute Gasteiger partial charge is 0.492 e. The minimum absolute atomic E-state index is 0.0175. The molecule has 0 saturated heterocycles. The number of ether oxygens (including phenoxy) is 1. The van der Waals surface area contributed by atoms with Crippen LogP contribution in [0.5, 0.6) is 5.75 Å². The lowest BCUT2D eigenvalue weighted by atomic mass is 9.78. The zero-order valence-corrected chi connectivity index (χ0v) is 17.9. The third kappa shape index (κ3) is 3.15. The molecule has 5 rings (SSSR count). The summed E-state index contributed by atoms with van der Waals surface area (Å²) in [5.41, 5.74) is 6.47. The highest BCUT2D eigenvalue weighted by molar-refractivity contribution is 5.86. The van der Waals surface area contributed by atoms with Crippen molar-refractivity contribution in [1.82, 2.24) is 4.57 Å². The molecule has 2 heterocycles. The molecular weight excluding hydrogens is 368 g/mol. The number of hydrogen-bond acceptors (Lipinski definition) is 2. The highest BCUT2D eigenvalue weighted by atomic mass is 16.5. The highest BCUT2D eigenvalue weighted by Gasteiger charge is 2.41. The zero-order chi connectivity index (χ0) is 20.7. The van der Waals surface area contributed by atoms with E-state index in [1.54, 1.807) is 0 Å². The lowest BCUT2D eigenvalue weighted by molar-refractivity contribution is 0.300. The lowest BCUT2D eigenvalue weighted by Crippen LogP contribution is -2.25. The molecule has 0 fully saturated rings. The van der Waals surface area contributed by atoms with E-state index < -0.39 is 0 Å². The minimum Gasteiger partial charge on any atom is -0.492 e. The maximum Gasteiger partial charge on any atom is 0.119 e. The van der Waals surface area contributed by atoms with Crippen LogP contribution < -0.4 is 10.1 Å². The summed E-state index contributed by atoms with van der Waals surface area (Å²) in [4.78, 5) is 0. The summed E-state index contributed by atoms with van der Waals surface area (Å²) in [5, 5.41) is 5.10. The number of aryl methyl sites for hydroxylation is 1. The number of benzene rings is 3. The van der Waals surface area contributed by atoms with Gasteiger partial charge in [0.25, 0.3) is 0 Å². The van der Waals surface area contributed by atoms with E-state index in [0.717, 1.165) is 12.3 Å². The van der Waals surface area contributed by atoms with Gasteiger partial charge in [-0.3, -0.25) is 0 Å². The number of fused-ring (bicyclic) bond motifs is 2. The first-order valence-electron chi connectivity index (χ1n) is 10.7. The number of hydrogen-bond donors (Lipinski definition) is 1. The molecule has 3 aromatic carbocycles. The van der Waals surface area contributed by atoms with Crippen molar-refractivity contribution in [1.29, 1.82) is 0 Å². The third-order valence-corrected chi connectivity index (χ3v) is 6.36. The summed E-state index contributed by atoms with van der Waals surface area (Å²) < 4.78 is 8.36. The Morgan fingerprint density at radius 1 is 0.967 bits per heavy atom. The maximum absolute atomic E-state index is 6.03. The van der Waals surface area contributed by atoms with E-state index in [4.69, 9.17) is 4.74 Å². The van der Waals surface area contributed by atoms with E-state index in [9.17, 15) is 0 Å². The van der Waals surface area contributed by atoms with Gasteiger partial charge in [0.15, 0.2) is 0 Å². The van der Waals surface area contributed by atoms with Crippen molar-refractivity contribution in [2.75, 3.05) is 11.9 Å². The molecule has 0 radical (unpaired) electrons. The van der Waals surface area contributed by atoms with Gasteiger partial charge in [-0.15, -0.1) is 0 Å². The standard InChI is InChI=1S/C27H28N2O/c1-19-9-8-10-20(17-19)30-16-15-29-18-22(21-11-4-7-14-25(21)29)26-27(2,3)23-12-5-6-13-24(23)28-26/h4-14,17-18,26,28H,15-16H2,1-3H3. The topological polar surface area (TPSA) is 26.2 Å². The first-order chi connectivity index (χ1) is 14.5. The molecule has 4 aromatic rings. The van der Waals surface area contributed by atoms with Crippen molar-refractivity contribution in [3.8, 4) is 5.75 Å². The lowest BCUT2D eigenvalue weighted by Gasteiger charge is -2.27.